The molecule has 0 unspecified atom stereocenters. The summed E-state index contributed by atoms with van der Waals surface area (Å²) in [6, 6.07) is 9.86. The fourth-order valence-electron chi connectivity index (χ4n) is 5.67. The molecule has 0 radical (unpaired) electrons. The third kappa shape index (κ3) is 4.34. The molecule has 166 valence electrons. The Labute approximate surface area is 185 Å². The van der Waals surface area contributed by atoms with E-state index in [-0.39, 0.29) is 11.9 Å². The van der Waals surface area contributed by atoms with Crippen LogP contribution in [0.5, 0.6) is 0 Å². The minimum absolute atomic E-state index is 0.0441. The van der Waals surface area contributed by atoms with E-state index >= 15 is 0 Å². The molecule has 1 saturated carbocycles. The molecule has 2 heterocycles. The van der Waals surface area contributed by atoms with E-state index in [0.29, 0.717) is 37.4 Å². The first-order valence-corrected chi connectivity index (χ1v) is 11.9. The molecular weight excluding hydrogens is 388 g/mol. The van der Waals surface area contributed by atoms with Gasteiger partial charge in [0.15, 0.2) is 0 Å². The second kappa shape index (κ2) is 9.40. The average molecular weight is 423 g/mol. The Hall–Kier alpha value is -2.39. The number of hydrogen-bond acceptors (Lipinski definition) is 4. The van der Waals surface area contributed by atoms with E-state index in [2.05, 4.69) is 17.9 Å². The fraction of sp³-hybridized carbons (Fsp3) is 0.640. The lowest BCUT2D eigenvalue weighted by molar-refractivity contribution is -0.136. The summed E-state index contributed by atoms with van der Waals surface area (Å²) in [6.07, 6.45) is 8.22. The SMILES string of the molecule is CCCN1C(=O)N(CC2CCCCC2)C(=O)C12CCN(Cc1cccc(C#N)c1)CC2. The number of nitriles is 1. The lowest BCUT2D eigenvalue weighted by atomic mass is 9.85. The van der Waals surface area contributed by atoms with Gasteiger partial charge < -0.3 is 4.90 Å². The van der Waals surface area contributed by atoms with Crippen molar-refractivity contribution in [3.8, 4) is 6.07 Å². The quantitative estimate of drug-likeness (QED) is 0.646. The summed E-state index contributed by atoms with van der Waals surface area (Å²) in [6.45, 7) is 5.67. The normalized spacial score (nSPS) is 22.3. The maximum Gasteiger partial charge on any atom is 0.327 e. The summed E-state index contributed by atoms with van der Waals surface area (Å²) < 4.78 is 0. The molecule has 2 aliphatic heterocycles. The molecule has 0 atom stereocenters. The van der Waals surface area contributed by atoms with Crippen LogP contribution in [0.25, 0.3) is 0 Å². The summed E-state index contributed by atoms with van der Waals surface area (Å²) in [5.74, 6) is 0.510. The third-order valence-electron chi connectivity index (χ3n) is 7.38. The number of carbonyl (C=O) groups is 2. The number of rotatable bonds is 6. The van der Waals surface area contributed by atoms with Gasteiger partial charge in [0.25, 0.3) is 5.91 Å². The smallest absolute Gasteiger partial charge is 0.309 e. The minimum atomic E-state index is -0.660. The van der Waals surface area contributed by atoms with E-state index in [4.69, 9.17) is 5.26 Å². The Morgan fingerprint density at radius 2 is 1.87 bits per heavy atom. The van der Waals surface area contributed by atoms with Gasteiger partial charge in [-0.3, -0.25) is 14.6 Å². The van der Waals surface area contributed by atoms with E-state index < -0.39 is 5.54 Å². The number of carbonyl (C=O) groups excluding carboxylic acids is 2. The van der Waals surface area contributed by atoms with Gasteiger partial charge >= 0.3 is 6.03 Å². The summed E-state index contributed by atoms with van der Waals surface area (Å²) >= 11 is 0. The van der Waals surface area contributed by atoms with E-state index in [0.717, 1.165) is 44.5 Å². The molecule has 1 spiro atoms. The van der Waals surface area contributed by atoms with Gasteiger partial charge in [0.1, 0.15) is 5.54 Å². The van der Waals surface area contributed by atoms with Gasteiger partial charge in [-0.1, -0.05) is 38.3 Å². The standard InChI is InChI=1S/C25H34N4O2/c1-2-13-29-24(31)28(19-20-7-4-3-5-8-20)23(30)25(29)11-14-27(15-12-25)18-22-10-6-9-21(16-22)17-26/h6,9-10,16,20H,2-5,7-8,11-15,18-19H2,1H3. The molecule has 3 aliphatic rings. The van der Waals surface area contributed by atoms with Crippen LogP contribution in [-0.4, -0.2) is 58.4 Å². The highest BCUT2D eigenvalue weighted by molar-refractivity contribution is 6.07. The molecule has 31 heavy (non-hydrogen) atoms. The Balaban J connectivity index is 1.45. The van der Waals surface area contributed by atoms with Crippen molar-refractivity contribution >= 4 is 11.9 Å². The number of hydrogen-bond donors (Lipinski definition) is 0. The number of piperidine rings is 1. The van der Waals surface area contributed by atoms with Crippen molar-refractivity contribution in [1.82, 2.24) is 14.7 Å². The Morgan fingerprint density at radius 1 is 1.13 bits per heavy atom. The first kappa shape index (κ1) is 21.8. The molecular formula is C25H34N4O2. The second-order valence-electron chi connectivity index (χ2n) is 9.47. The van der Waals surface area contributed by atoms with Crippen LogP contribution >= 0.6 is 0 Å². The van der Waals surface area contributed by atoms with Crippen molar-refractivity contribution in [1.29, 1.82) is 5.26 Å². The zero-order valence-corrected chi connectivity index (χ0v) is 18.7. The fourth-order valence-corrected chi connectivity index (χ4v) is 5.67. The van der Waals surface area contributed by atoms with Gasteiger partial charge in [0.2, 0.25) is 0 Å². The topological polar surface area (TPSA) is 67.7 Å². The van der Waals surface area contributed by atoms with Crippen molar-refractivity contribution in [3.63, 3.8) is 0 Å². The van der Waals surface area contributed by atoms with Gasteiger partial charge in [0.05, 0.1) is 11.6 Å². The van der Waals surface area contributed by atoms with Crippen LogP contribution in [0.3, 0.4) is 0 Å². The first-order valence-electron chi connectivity index (χ1n) is 11.9. The summed E-state index contributed by atoms with van der Waals surface area (Å²) in [5, 5.41) is 9.14. The van der Waals surface area contributed by atoms with Crippen molar-refractivity contribution in [2.45, 2.75) is 70.4 Å². The Bertz CT molecular complexity index is 847. The number of benzene rings is 1. The highest BCUT2D eigenvalue weighted by atomic mass is 16.2. The molecule has 0 N–H and O–H groups in total. The highest BCUT2D eigenvalue weighted by Gasteiger charge is 2.57. The molecule has 6 heteroatoms. The zero-order chi connectivity index (χ0) is 21.8. The van der Waals surface area contributed by atoms with Crippen LogP contribution < -0.4 is 0 Å². The number of imide groups is 1. The van der Waals surface area contributed by atoms with Gasteiger partial charge in [-0.25, -0.2) is 4.79 Å². The summed E-state index contributed by atoms with van der Waals surface area (Å²) in [4.78, 5) is 32.7. The van der Waals surface area contributed by atoms with Crippen molar-refractivity contribution in [3.05, 3.63) is 35.4 Å². The maximum absolute atomic E-state index is 13.6. The van der Waals surface area contributed by atoms with Crippen LogP contribution in [-0.2, 0) is 11.3 Å². The van der Waals surface area contributed by atoms with Crippen molar-refractivity contribution in [2.24, 2.45) is 5.92 Å². The molecule has 1 aromatic carbocycles. The van der Waals surface area contributed by atoms with Crippen LogP contribution in [0.4, 0.5) is 4.79 Å². The molecule has 3 amide bonds. The van der Waals surface area contributed by atoms with Crippen LogP contribution in [0.1, 0.15) is 69.4 Å². The predicted octanol–water partition coefficient (Wildman–Crippen LogP) is 4.15. The minimum Gasteiger partial charge on any atom is -0.309 e. The lowest BCUT2D eigenvalue weighted by Gasteiger charge is -2.42. The highest BCUT2D eigenvalue weighted by Crippen LogP contribution is 2.39. The molecule has 3 fully saturated rings. The van der Waals surface area contributed by atoms with Gasteiger partial charge in [-0.2, -0.15) is 5.26 Å². The van der Waals surface area contributed by atoms with Gasteiger partial charge in [0, 0.05) is 32.7 Å². The van der Waals surface area contributed by atoms with E-state index in [1.807, 2.05) is 29.2 Å². The van der Waals surface area contributed by atoms with Crippen LogP contribution in [0.15, 0.2) is 24.3 Å². The lowest BCUT2D eigenvalue weighted by Crippen LogP contribution is -2.56. The van der Waals surface area contributed by atoms with Crippen molar-refractivity contribution < 1.29 is 9.59 Å². The van der Waals surface area contributed by atoms with Crippen LogP contribution in [0, 0.1) is 17.2 Å². The van der Waals surface area contributed by atoms with Crippen molar-refractivity contribution in [2.75, 3.05) is 26.2 Å². The molecule has 6 nitrogen and oxygen atoms in total. The molecule has 2 saturated heterocycles. The van der Waals surface area contributed by atoms with E-state index in [9.17, 15) is 9.59 Å². The first-order chi connectivity index (χ1) is 15.1. The predicted molar refractivity (Wildman–Crippen MR) is 119 cm³/mol. The maximum atomic E-state index is 13.6. The van der Waals surface area contributed by atoms with E-state index in [1.165, 1.54) is 19.3 Å². The molecule has 4 rings (SSSR count). The van der Waals surface area contributed by atoms with Gasteiger partial charge in [-0.05, 0) is 55.7 Å². The number of likely N-dealkylation sites (tertiary alicyclic amines) is 1. The largest absolute Gasteiger partial charge is 0.327 e. The molecule has 1 aromatic rings. The Morgan fingerprint density at radius 3 is 2.55 bits per heavy atom. The van der Waals surface area contributed by atoms with Crippen LogP contribution in [0.2, 0.25) is 0 Å². The summed E-state index contributed by atoms with van der Waals surface area (Å²) in [7, 11) is 0. The number of urea groups is 1. The molecule has 0 bridgehead atoms. The second-order valence-corrected chi connectivity index (χ2v) is 9.47. The molecule has 1 aliphatic carbocycles. The number of amides is 3. The summed E-state index contributed by atoms with van der Waals surface area (Å²) in [5.41, 5.74) is 1.13. The monoisotopic (exact) mass is 422 g/mol. The molecule has 0 aromatic heterocycles. The average Bonchev–Trinajstić information content (AvgIpc) is 2.98. The number of nitrogens with zero attached hydrogens (tertiary/aromatic N) is 4. The Kier molecular flexibility index (Phi) is 6.62. The zero-order valence-electron chi connectivity index (χ0n) is 18.7. The third-order valence-corrected chi connectivity index (χ3v) is 7.38. The van der Waals surface area contributed by atoms with Gasteiger partial charge in [-0.15, -0.1) is 0 Å². The van der Waals surface area contributed by atoms with E-state index in [1.54, 1.807) is 4.90 Å².